The Morgan fingerprint density at radius 1 is 0.545 bits per heavy atom. The molecule has 0 nitrogen and oxygen atoms in total. The van der Waals surface area contributed by atoms with E-state index in [2.05, 4.69) is 0 Å². The molecule has 0 bridgehead atoms. The Bertz CT molecular complexity index is 69.6. The molecule has 0 heterocycles. The molecule has 1 saturated carbocycles. The third-order valence-electron chi connectivity index (χ3n) is 1.50. The molecule has 0 aromatic rings. The maximum absolute atomic E-state index is 5.04. The number of hydrogen-bond acceptors (Lipinski definition) is 0. The Hall–Kier alpha value is 2.04. The van der Waals surface area contributed by atoms with Crippen molar-refractivity contribution in [2.45, 2.75) is 38.5 Å². The summed E-state index contributed by atoms with van der Waals surface area (Å²) in [7, 11) is 20.1. The molecule has 0 unspecified atom stereocenters. The Labute approximate surface area is 87.1 Å². The van der Waals surface area contributed by atoms with E-state index in [4.69, 9.17) is 34.1 Å². The van der Waals surface area contributed by atoms with E-state index in [0.29, 0.717) is 0 Å². The molecule has 1 aliphatic carbocycles. The van der Waals surface area contributed by atoms with Gasteiger partial charge in [0.15, 0.2) is 0 Å². The Morgan fingerprint density at radius 3 is 0.727 bits per heavy atom. The fourth-order valence-electron chi connectivity index (χ4n) is 1.06. The molecule has 0 amide bonds. The van der Waals surface area contributed by atoms with Crippen LogP contribution in [0.2, 0.25) is 0 Å². The first-order valence-corrected chi connectivity index (χ1v) is 16.4. The van der Waals surface area contributed by atoms with Gasteiger partial charge in [-0.05, 0) is 0 Å². The first kappa shape index (κ1) is 13.0. The van der Waals surface area contributed by atoms with Crippen molar-refractivity contribution in [3.63, 3.8) is 0 Å². The molecular weight excluding hydrogens is 305 g/mol. The molecule has 1 fully saturated rings. The van der Waals surface area contributed by atoms with Gasteiger partial charge in [-0.2, -0.15) is 0 Å². The van der Waals surface area contributed by atoms with Crippen molar-refractivity contribution in [3.8, 4) is 0 Å². The van der Waals surface area contributed by atoms with Crippen LogP contribution < -0.4 is 0 Å². The molecule has 1 aliphatic rings. The summed E-state index contributed by atoms with van der Waals surface area (Å²) in [6, 6.07) is 0. The fraction of sp³-hybridized carbons (Fsp3) is 1.00. The van der Waals surface area contributed by atoms with Crippen LogP contribution in [0.4, 0.5) is 0 Å². The van der Waals surface area contributed by atoms with Gasteiger partial charge in [0.2, 0.25) is 0 Å². The van der Waals surface area contributed by atoms with E-state index >= 15 is 0 Å². The summed E-state index contributed by atoms with van der Waals surface area (Å²) in [6.45, 7) is 0. The van der Waals surface area contributed by atoms with Crippen LogP contribution in [-0.2, 0) is 15.5 Å². The van der Waals surface area contributed by atoms with Crippen LogP contribution in [0.1, 0.15) is 38.5 Å². The van der Waals surface area contributed by atoms with Crippen LogP contribution in [0.3, 0.4) is 0 Å². The van der Waals surface area contributed by atoms with Gasteiger partial charge < -0.3 is 0 Å². The first-order valence-electron chi connectivity index (χ1n) is 3.76. The predicted octanol–water partition coefficient (Wildman–Crippen LogP) is 5.10. The Kier molecular flexibility index (Phi) is 8.83. The minimum absolute atomic E-state index is 1.50. The van der Waals surface area contributed by atoms with Crippen molar-refractivity contribution in [1.82, 2.24) is 0 Å². The van der Waals surface area contributed by atoms with Gasteiger partial charge in [-0.25, -0.2) is 0 Å². The molecular formula is C6H12Cl4Zr. The summed E-state index contributed by atoms with van der Waals surface area (Å²) in [5.41, 5.74) is 0. The van der Waals surface area contributed by atoms with E-state index in [-0.39, 0.29) is 0 Å². The van der Waals surface area contributed by atoms with Crippen molar-refractivity contribution in [2.24, 2.45) is 0 Å². The number of halogens is 4. The van der Waals surface area contributed by atoms with Gasteiger partial charge in [0.1, 0.15) is 0 Å². The SMILES string of the molecule is C1CCCCC1.[Cl][Zr]([Cl])([Cl])[Cl]. The average molecular weight is 317 g/mol. The monoisotopic (exact) mass is 314 g/mol. The minimum atomic E-state index is -3.29. The molecule has 0 spiro atoms. The first-order chi connectivity index (χ1) is 5.00. The van der Waals surface area contributed by atoms with Crippen LogP contribution in [0.25, 0.3) is 0 Å². The van der Waals surface area contributed by atoms with E-state index in [1.165, 1.54) is 38.5 Å². The third kappa shape index (κ3) is 18.8. The van der Waals surface area contributed by atoms with Gasteiger partial charge >= 0.3 is 49.5 Å². The second-order valence-corrected chi connectivity index (χ2v) is 24.9. The second-order valence-electron chi connectivity index (χ2n) is 2.55. The van der Waals surface area contributed by atoms with Gasteiger partial charge in [0.05, 0.1) is 0 Å². The molecule has 0 N–H and O–H groups in total. The van der Waals surface area contributed by atoms with Gasteiger partial charge in [0, 0.05) is 0 Å². The predicted molar refractivity (Wildman–Crippen MR) is 51.1 cm³/mol. The number of rotatable bonds is 0. The molecule has 0 aromatic carbocycles. The van der Waals surface area contributed by atoms with Gasteiger partial charge in [-0.15, -0.1) is 0 Å². The normalized spacial score (nSPS) is 18.5. The summed E-state index contributed by atoms with van der Waals surface area (Å²) >= 11 is -3.29. The van der Waals surface area contributed by atoms with Crippen molar-refractivity contribution >= 4 is 34.1 Å². The summed E-state index contributed by atoms with van der Waals surface area (Å²) in [6.07, 6.45) is 9.00. The molecule has 0 radical (unpaired) electrons. The standard InChI is InChI=1S/C6H12.4ClH.Zr/c1-2-4-6-5-3-1;;;;;/h1-6H2;4*1H;/q;;;;;+4/p-4. The zero-order valence-corrected chi connectivity index (χ0v) is 11.7. The van der Waals surface area contributed by atoms with Gasteiger partial charge in [0.25, 0.3) is 0 Å². The molecule has 0 aliphatic heterocycles. The second kappa shape index (κ2) is 7.45. The molecule has 68 valence electrons. The molecule has 1 rings (SSSR count). The fourth-order valence-corrected chi connectivity index (χ4v) is 1.06. The summed E-state index contributed by atoms with van der Waals surface area (Å²) in [5, 5.41) is 0. The summed E-state index contributed by atoms with van der Waals surface area (Å²) in [5.74, 6) is 0. The van der Waals surface area contributed by atoms with Crippen molar-refractivity contribution in [3.05, 3.63) is 0 Å². The average Bonchev–Trinajstić information content (AvgIpc) is 1.88. The van der Waals surface area contributed by atoms with Crippen molar-refractivity contribution < 1.29 is 15.5 Å². The van der Waals surface area contributed by atoms with Crippen molar-refractivity contribution in [2.75, 3.05) is 0 Å². The maximum atomic E-state index is 5.04. The van der Waals surface area contributed by atoms with E-state index < -0.39 is 15.5 Å². The zero-order chi connectivity index (χ0) is 8.74. The van der Waals surface area contributed by atoms with Crippen LogP contribution in [0.15, 0.2) is 0 Å². The molecule has 0 atom stereocenters. The number of hydrogen-bond donors (Lipinski definition) is 0. The van der Waals surface area contributed by atoms with E-state index in [0.717, 1.165) is 0 Å². The van der Waals surface area contributed by atoms with E-state index in [1.807, 2.05) is 0 Å². The molecule has 5 heteroatoms. The van der Waals surface area contributed by atoms with Crippen LogP contribution >= 0.6 is 34.1 Å². The molecule has 0 aromatic heterocycles. The van der Waals surface area contributed by atoms with E-state index in [9.17, 15) is 0 Å². The molecule has 0 saturated heterocycles. The van der Waals surface area contributed by atoms with Gasteiger partial charge in [-0.1, -0.05) is 38.5 Å². The van der Waals surface area contributed by atoms with Crippen molar-refractivity contribution in [1.29, 1.82) is 0 Å². The topological polar surface area (TPSA) is 0 Å². The zero-order valence-electron chi connectivity index (χ0n) is 6.25. The van der Waals surface area contributed by atoms with Crippen LogP contribution in [0.5, 0.6) is 0 Å². The third-order valence-corrected chi connectivity index (χ3v) is 1.50. The Balaban J connectivity index is 0.000000187. The summed E-state index contributed by atoms with van der Waals surface area (Å²) < 4.78 is 0. The quantitative estimate of drug-likeness (QED) is 0.583. The Morgan fingerprint density at radius 2 is 0.636 bits per heavy atom. The van der Waals surface area contributed by atoms with E-state index in [1.54, 1.807) is 0 Å². The van der Waals surface area contributed by atoms with Crippen LogP contribution in [0, 0.1) is 0 Å². The summed E-state index contributed by atoms with van der Waals surface area (Å²) in [4.78, 5) is 0. The van der Waals surface area contributed by atoms with Gasteiger partial charge in [-0.3, -0.25) is 0 Å². The molecule has 11 heavy (non-hydrogen) atoms. The van der Waals surface area contributed by atoms with Crippen LogP contribution in [-0.4, -0.2) is 0 Å².